The number of ether oxygens (including phenoxy) is 1. The lowest BCUT2D eigenvalue weighted by Crippen LogP contribution is -2.48. The molecule has 1 aromatic carbocycles. The van der Waals surface area contributed by atoms with Crippen LogP contribution in [0.15, 0.2) is 24.3 Å². The summed E-state index contributed by atoms with van der Waals surface area (Å²) in [5.74, 6) is -1.12. The third-order valence-corrected chi connectivity index (χ3v) is 4.65. The summed E-state index contributed by atoms with van der Waals surface area (Å²) in [6.45, 7) is 6.33. The van der Waals surface area contributed by atoms with E-state index in [9.17, 15) is 14.4 Å². The molecule has 1 atom stereocenters. The number of hydrogen-bond donors (Lipinski definition) is 1. The molecule has 3 rings (SSSR count). The molecule has 2 heterocycles. The van der Waals surface area contributed by atoms with Gasteiger partial charge < -0.3 is 10.1 Å². The Balaban J connectivity index is 1.49. The van der Waals surface area contributed by atoms with E-state index in [1.807, 2.05) is 0 Å². The van der Waals surface area contributed by atoms with E-state index in [-0.39, 0.29) is 5.91 Å². The Morgan fingerprint density at radius 1 is 1.16 bits per heavy atom. The lowest BCUT2D eigenvalue weighted by molar-refractivity contribution is -0.124. The van der Waals surface area contributed by atoms with Crippen molar-refractivity contribution in [1.29, 1.82) is 0 Å². The van der Waals surface area contributed by atoms with Crippen molar-refractivity contribution in [3.8, 4) is 0 Å². The van der Waals surface area contributed by atoms with Crippen LogP contribution < -0.4 is 5.32 Å². The molecule has 0 aliphatic carbocycles. The van der Waals surface area contributed by atoms with Gasteiger partial charge in [0.2, 0.25) is 5.91 Å². The minimum Gasteiger partial charge on any atom is -0.379 e. The third kappa shape index (κ3) is 3.72. The second kappa shape index (κ2) is 7.76. The van der Waals surface area contributed by atoms with Gasteiger partial charge in [-0.1, -0.05) is 12.1 Å². The molecule has 1 aromatic rings. The van der Waals surface area contributed by atoms with Gasteiger partial charge >= 0.3 is 0 Å². The van der Waals surface area contributed by atoms with Crippen LogP contribution in [0.3, 0.4) is 0 Å². The number of fused-ring (bicyclic) bond motifs is 1. The van der Waals surface area contributed by atoms with Crippen molar-refractivity contribution in [2.24, 2.45) is 0 Å². The van der Waals surface area contributed by atoms with E-state index in [0.29, 0.717) is 17.7 Å². The summed E-state index contributed by atoms with van der Waals surface area (Å²) in [4.78, 5) is 40.5. The number of carbonyl (C=O) groups excluding carboxylic acids is 3. The standard InChI is InChI=1S/C18H23N3O4/c1-13(16(22)19-7-4-8-20-9-11-25-12-10-20)21-17(23)14-5-2-3-6-15(14)18(21)24/h2-3,5-6,13H,4,7-12H2,1H3,(H,19,22)/t13-/m0/s1. The smallest absolute Gasteiger partial charge is 0.262 e. The molecule has 1 N–H and O–H groups in total. The van der Waals surface area contributed by atoms with E-state index in [0.717, 1.165) is 44.2 Å². The van der Waals surface area contributed by atoms with Crippen LogP contribution in [0.1, 0.15) is 34.1 Å². The summed E-state index contributed by atoms with van der Waals surface area (Å²) in [6.07, 6.45) is 0.820. The Kier molecular flexibility index (Phi) is 5.45. The number of benzene rings is 1. The summed E-state index contributed by atoms with van der Waals surface area (Å²) in [7, 11) is 0. The maximum atomic E-state index is 12.4. The normalized spacial score (nSPS) is 19.0. The first-order chi connectivity index (χ1) is 12.1. The van der Waals surface area contributed by atoms with Gasteiger partial charge in [0.25, 0.3) is 11.8 Å². The van der Waals surface area contributed by atoms with Crippen molar-refractivity contribution >= 4 is 17.7 Å². The predicted molar refractivity (Wildman–Crippen MR) is 91.3 cm³/mol. The predicted octanol–water partition coefficient (Wildman–Crippen LogP) is 0.510. The van der Waals surface area contributed by atoms with Gasteiger partial charge in [-0.3, -0.25) is 24.2 Å². The zero-order chi connectivity index (χ0) is 17.8. The Labute approximate surface area is 146 Å². The zero-order valence-corrected chi connectivity index (χ0v) is 14.4. The van der Waals surface area contributed by atoms with Crippen LogP contribution in [0.25, 0.3) is 0 Å². The number of carbonyl (C=O) groups is 3. The van der Waals surface area contributed by atoms with Gasteiger partial charge in [0.05, 0.1) is 24.3 Å². The molecule has 0 spiro atoms. The lowest BCUT2D eigenvalue weighted by atomic mass is 10.1. The molecule has 25 heavy (non-hydrogen) atoms. The molecule has 7 nitrogen and oxygen atoms in total. The van der Waals surface area contributed by atoms with Crippen LogP contribution >= 0.6 is 0 Å². The number of rotatable bonds is 6. The van der Waals surface area contributed by atoms with E-state index in [1.165, 1.54) is 0 Å². The van der Waals surface area contributed by atoms with Gasteiger partial charge in [-0.2, -0.15) is 0 Å². The molecule has 7 heteroatoms. The molecule has 1 fully saturated rings. The van der Waals surface area contributed by atoms with E-state index < -0.39 is 17.9 Å². The van der Waals surface area contributed by atoms with Gasteiger partial charge in [0, 0.05) is 19.6 Å². The van der Waals surface area contributed by atoms with Crippen molar-refractivity contribution in [3.05, 3.63) is 35.4 Å². The van der Waals surface area contributed by atoms with Crippen LogP contribution in [0.4, 0.5) is 0 Å². The van der Waals surface area contributed by atoms with Crippen molar-refractivity contribution < 1.29 is 19.1 Å². The van der Waals surface area contributed by atoms with Crippen molar-refractivity contribution in [2.75, 3.05) is 39.4 Å². The van der Waals surface area contributed by atoms with Gasteiger partial charge in [-0.05, 0) is 32.0 Å². The van der Waals surface area contributed by atoms with E-state index in [1.54, 1.807) is 31.2 Å². The molecule has 0 unspecified atom stereocenters. The summed E-state index contributed by atoms with van der Waals surface area (Å²) >= 11 is 0. The molecular weight excluding hydrogens is 322 g/mol. The topological polar surface area (TPSA) is 79.0 Å². The highest BCUT2D eigenvalue weighted by atomic mass is 16.5. The molecule has 134 valence electrons. The number of imide groups is 1. The fourth-order valence-electron chi connectivity index (χ4n) is 3.16. The largest absolute Gasteiger partial charge is 0.379 e. The first kappa shape index (κ1) is 17.6. The van der Waals surface area contributed by atoms with Gasteiger partial charge in [-0.15, -0.1) is 0 Å². The van der Waals surface area contributed by atoms with Crippen molar-refractivity contribution in [1.82, 2.24) is 15.1 Å². The van der Waals surface area contributed by atoms with Crippen LogP contribution in [0, 0.1) is 0 Å². The molecule has 0 bridgehead atoms. The first-order valence-corrected chi connectivity index (χ1v) is 8.64. The molecule has 0 radical (unpaired) electrons. The van der Waals surface area contributed by atoms with Gasteiger partial charge in [0.1, 0.15) is 6.04 Å². The molecule has 3 amide bonds. The quantitative estimate of drug-likeness (QED) is 0.600. The lowest BCUT2D eigenvalue weighted by Gasteiger charge is -2.26. The molecule has 0 saturated carbocycles. The van der Waals surface area contributed by atoms with Crippen molar-refractivity contribution in [2.45, 2.75) is 19.4 Å². The number of nitrogens with one attached hydrogen (secondary N) is 1. The van der Waals surface area contributed by atoms with Crippen LogP contribution in [0.2, 0.25) is 0 Å². The maximum absolute atomic E-state index is 12.4. The number of amides is 3. The molecule has 2 aliphatic heterocycles. The minimum atomic E-state index is -0.823. The average Bonchev–Trinajstić information content (AvgIpc) is 2.90. The fraction of sp³-hybridized carbons (Fsp3) is 0.500. The first-order valence-electron chi connectivity index (χ1n) is 8.64. The summed E-state index contributed by atoms with van der Waals surface area (Å²) in [5.41, 5.74) is 0.721. The highest BCUT2D eigenvalue weighted by Crippen LogP contribution is 2.24. The van der Waals surface area contributed by atoms with Crippen LogP contribution in [0.5, 0.6) is 0 Å². The van der Waals surface area contributed by atoms with E-state index >= 15 is 0 Å². The molecule has 1 saturated heterocycles. The number of hydrogen-bond acceptors (Lipinski definition) is 5. The highest BCUT2D eigenvalue weighted by molar-refractivity contribution is 6.22. The molecular formula is C18H23N3O4. The Morgan fingerprint density at radius 2 is 1.76 bits per heavy atom. The Hall–Kier alpha value is -2.25. The van der Waals surface area contributed by atoms with E-state index in [2.05, 4.69) is 10.2 Å². The summed E-state index contributed by atoms with van der Waals surface area (Å²) in [5, 5.41) is 2.82. The second-order valence-corrected chi connectivity index (χ2v) is 6.30. The van der Waals surface area contributed by atoms with Gasteiger partial charge in [-0.25, -0.2) is 0 Å². The zero-order valence-electron chi connectivity index (χ0n) is 14.4. The highest BCUT2D eigenvalue weighted by Gasteiger charge is 2.40. The van der Waals surface area contributed by atoms with E-state index in [4.69, 9.17) is 4.74 Å². The SMILES string of the molecule is C[C@@H](C(=O)NCCCN1CCOCC1)N1C(=O)c2ccccc2C1=O. The minimum absolute atomic E-state index is 0.309. The average molecular weight is 345 g/mol. The summed E-state index contributed by atoms with van der Waals surface area (Å²) < 4.78 is 5.30. The van der Waals surface area contributed by atoms with Crippen LogP contribution in [-0.2, 0) is 9.53 Å². The second-order valence-electron chi connectivity index (χ2n) is 6.30. The molecule has 0 aromatic heterocycles. The molecule has 2 aliphatic rings. The number of morpholine rings is 1. The maximum Gasteiger partial charge on any atom is 0.262 e. The Bertz CT molecular complexity index is 635. The third-order valence-electron chi connectivity index (χ3n) is 4.65. The van der Waals surface area contributed by atoms with Gasteiger partial charge in [0.15, 0.2) is 0 Å². The van der Waals surface area contributed by atoms with Crippen molar-refractivity contribution in [3.63, 3.8) is 0 Å². The summed E-state index contributed by atoms with van der Waals surface area (Å²) in [6, 6.07) is 5.83. The fourth-order valence-corrected chi connectivity index (χ4v) is 3.16. The monoisotopic (exact) mass is 345 g/mol. The van der Waals surface area contributed by atoms with Crippen LogP contribution in [-0.4, -0.2) is 73.0 Å². The number of nitrogens with zero attached hydrogens (tertiary/aromatic N) is 2. The Morgan fingerprint density at radius 3 is 2.36 bits per heavy atom.